The van der Waals surface area contributed by atoms with E-state index in [9.17, 15) is 13.2 Å². The molecule has 0 N–H and O–H groups in total. The first-order valence-electron chi connectivity index (χ1n) is 8.11. The Morgan fingerprint density at radius 3 is 2.64 bits per heavy atom. The molecule has 132 valence electrons. The molecule has 0 saturated heterocycles. The molecule has 3 rings (SSSR count). The zero-order chi connectivity index (χ0) is 18.2. The van der Waals surface area contributed by atoms with Gasteiger partial charge in [0.05, 0.1) is 17.7 Å². The maximum atomic E-state index is 13.2. The van der Waals surface area contributed by atoms with E-state index in [4.69, 9.17) is 4.74 Å². The second kappa shape index (κ2) is 6.52. The van der Waals surface area contributed by atoms with Gasteiger partial charge >= 0.3 is 0 Å². The van der Waals surface area contributed by atoms with E-state index in [1.54, 1.807) is 18.1 Å². The molecule has 0 radical (unpaired) electrons. The molecule has 25 heavy (non-hydrogen) atoms. The van der Waals surface area contributed by atoms with Gasteiger partial charge < -0.3 is 9.64 Å². The molecule has 1 aliphatic rings. The number of amides is 1. The van der Waals surface area contributed by atoms with E-state index < -0.39 is 9.84 Å². The summed E-state index contributed by atoms with van der Waals surface area (Å²) in [5, 5.41) is 0. The van der Waals surface area contributed by atoms with Crippen LogP contribution in [0.25, 0.3) is 0 Å². The van der Waals surface area contributed by atoms with Gasteiger partial charge in [0.1, 0.15) is 5.75 Å². The number of anilines is 1. The topological polar surface area (TPSA) is 63.7 Å². The summed E-state index contributed by atoms with van der Waals surface area (Å²) < 4.78 is 29.1. The molecule has 1 aliphatic heterocycles. The molecule has 0 saturated carbocycles. The quantitative estimate of drug-likeness (QED) is 0.845. The van der Waals surface area contributed by atoms with Crippen LogP contribution < -0.4 is 9.64 Å². The summed E-state index contributed by atoms with van der Waals surface area (Å²) in [4.78, 5) is 15.1. The number of nitrogens with zero attached hydrogens (tertiary/aromatic N) is 1. The summed E-state index contributed by atoms with van der Waals surface area (Å²) in [5.74, 6) is 0.455. The summed E-state index contributed by atoms with van der Waals surface area (Å²) in [6.45, 7) is 2.39. The van der Waals surface area contributed by atoms with Crippen LogP contribution in [0.1, 0.15) is 27.9 Å². The Labute approximate surface area is 148 Å². The van der Waals surface area contributed by atoms with Crippen molar-refractivity contribution >= 4 is 21.4 Å². The van der Waals surface area contributed by atoms with Crippen molar-refractivity contribution in [3.8, 4) is 5.75 Å². The third kappa shape index (κ3) is 3.26. The predicted octanol–water partition coefficient (Wildman–Crippen LogP) is 3.00. The van der Waals surface area contributed by atoms with Crippen molar-refractivity contribution in [1.82, 2.24) is 0 Å². The van der Waals surface area contributed by atoms with E-state index in [1.807, 2.05) is 25.1 Å². The lowest BCUT2D eigenvalue weighted by atomic mass is 9.99. The van der Waals surface area contributed by atoms with Crippen LogP contribution in [0.5, 0.6) is 5.75 Å². The van der Waals surface area contributed by atoms with Gasteiger partial charge in [-0.1, -0.05) is 18.2 Å². The monoisotopic (exact) mass is 359 g/mol. The van der Waals surface area contributed by atoms with E-state index in [2.05, 4.69) is 0 Å². The second-order valence-corrected chi connectivity index (χ2v) is 8.29. The third-order valence-electron chi connectivity index (χ3n) is 4.51. The van der Waals surface area contributed by atoms with Gasteiger partial charge in [0.15, 0.2) is 9.84 Å². The highest BCUT2D eigenvalue weighted by Gasteiger charge is 2.28. The SMILES string of the molecule is COc1cccc2c1N(C(=O)c1cc(S(C)(=O)=O)ccc1C)CCC2. The van der Waals surface area contributed by atoms with Gasteiger partial charge in [0.2, 0.25) is 0 Å². The van der Waals surface area contributed by atoms with Crippen molar-refractivity contribution < 1.29 is 17.9 Å². The number of fused-ring (bicyclic) bond motifs is 1. The lowest BCUT2D eigenvalue weighted by Gasteiger charge is -2.31. The Bertz CT molecular complexity index is 920. The number of rotatable bonds is 3. The molecule has 6 heteroatoms. The van der Waals surface area contributed by atoms with E-state index in [-0.39, 0.29) is 10.8 Å². The number of ether oxygens (including phenoxy) is 1. The fraction of sp³-hybridized carbons (Fsp3) is 0.316. The summed E-state index contributed by atoms with van der Waals surface area (Å²) in [7, 11) is -1.79. The number of hydrogen-bond acceptors (Lipinski definition) is 4. The summed E-state index contributed by atoms with van der Waals surface area (Å²) in [6, 6.07) is 10.4. The predicted molar refractivity (Wildman–Crippen MR) is 97.3 cm³/mol. The van der Waals surface area contributed by atoms with Gasteiger partial charge in [0, 0.05) is 18.4 Å². The molecule has 0 aliphatic carbocycles. The van der Waals surface area contributed by atoms with Crippen LogP contribution in [0.15, 0.2) is 41.3 Å². The molecule has 0 aromatic heterocycles. The van der Waals surface area contributed by atoms with Crippen molar-refractivity contribution in [3.63, 3.8) is 0 Å². The average molecular weight is 359 g/mol. The number of hydrogen-bond donors (Lipinski definition) is 0. The molecule has 0 bridgehead atoms. The van der Waals surface area contributed by atoms with Crippen molar-refractivity contribution in [3.05, 3.63) is 53.1 Å². The molecule has 5 nitrogen and oxygen atoms in total. The van der Waals surface area contributed by atoms with Gasteiger partial charge in [-0.25, -0.2) is 8.42 Å². The first-order valence-corrected chi connectivity index (χ1v) is 10.0. The first kappa shape index (κ1) is 17.5. The van der Waals surface area contributed by atoms with Crippen molar-refractivity contribution in [1.29, 1.82) is 0 Å². The number of carbonyl (C=O) groups is 1. The fourth-order valence-corrected chi connectivity index (χ4v) is 3.84. The Morgan fingerprint density at radius 2 is 1.96 bits per heavy atom. The molecular weight excluding hydrogens is 338 g/mol. The smallest absolute Gasteiger partial charge is 0.258 e. The van der Waals surface area contributed by atoms with Crippen LogP contribution in [0.4, 0.5) is 5.69 Å². The van der Waals surface area contributed by atoms with Gasteiger partial charge in [0.25, 0.3) is 5.91 Å². The highest BCUT2D eigenvalue weighted by Crippen LogP contribution is 2.37. The number of aryl methyl sites for hydroxylation is 2. The summed E-state index contributed by atoms with van der Waals surface area (Å²) in [5.41, 5.74) is 3.00. The standard InChI is InChI=1S/C19H21NO4S/c1-13-9-10-15(25(3,22)23)12-16(13)19(21)20-11-5-7-14-6-4-8-17(24-2)18(14)20/h4,6,8-10,12H,5,7,11H2,1-3H3. The zero-order valence-corrected chi connectivity index (χ0v) is 15.4. The van der Waals surface area contributed by atoms with Crippen molar-refractivity contribution in [2.75, 3.05) is 24.8 Å². The van der Waals surface area contributed by atoms with E-state index in [0.717, 1.165) is 35.9 Å². The van der Waals surface area contributed by atoms with Crippen LogP contribution in [0, 0.1) is 6.92 Å². The lowest BCUT2D eigenvalue weighted by molar-refractivity contribution is 0.0983. The molecule has 0 atom stereocenters. The third-order valence-corrected chi connectivity index (χ3v) is 5.62. The second-order valence-electron chi connectivity index (χ2n) is 6.28. The van der Waals surface area contributed by atoms with Crippen LogP contribution in [0.2, 0.25) is 0 Å². The number of para-hydroxylation sites is 1. The minimum Gasteiger partial charge on any atom is -0.495 e. The maximum absolute atomic E-state index is 13.2. The van der Waals surface area contributed by atoms with E-state index in [1.165, 1.54) is 12.1 Å². The summed E-state index contributed by atoms with van der Waals surface area (Å²) >= 11 is 0. The first-order chi connectivity index (χ1) is 11.8. The Kier molecular flexibility index (Phi) is 4.56. The number of sulfone groups is 1. The van der Waals surface area contributed by atoms with Crippen LogP contribution >= 0.6 is 0 Å². The van der Waals surface area contributed by atoms with Crippen LogP contribution in [-0.2, 0) is 16.3 Å². The minimum absolute atomic E-state index is 0.152. The number of carbonyl (C=O) groups excluding carboxylic acids is 1. The Hall–Kier alpha value is -2.34. The molecular formula is C19H21NO4S. The molecule has 0 spiro atoms. The zero-order valence-electron chi connectivity index (χ0n) is 14.6. The van der Waals surface area contributed by atoms with Crippen molar-refractivity contribution in [2.24, 2.45) is 0 Å². The van der Waals surface area contributed by atoms with E-state index >= 15 is 0 Å². The molecule has 2 aromatic carbocycles. The molecule has 1 amide bonds. The Balaban J connectivity index is 2.10. The average Bonchev–Trinajstić information content (AvgIpc) is 2.59. The summed E-state index contributed by atoms with van der Waals surface area (Å²) in [6.07, 6.45) is 2.89. The fourth-order valence-electron chi connectivity index (χ4n) is 3.19. The number of methoxy groups -OCH3 is 1. The maximum Gasteiger partial charge on any atom is 0.258 e. The van der Waals surface area contributed by atoms with Gasteiger partial charge in [-0.2, -0.15) is 0 Å². The van der Waals surface area contributed by atoms with Gasteiger partial charge in [-0.05, 0) is 49.1 Å². The van der Waals surface area contributed by atoms with Crippen molar-refractivity contribution in [2.45, 2.75) is 24.7 Å². The molecule has 0 unspecified atom stereocenters. The molecule has 2 aromatic rings. The largest absolute Gasteiger partial charge is 0.495 e. The van der Waals surface area contributed by atoms with Crippen LogP contribution in [0.3, 0.4) is 0 Å². The van der Waals surface area contributed by atoms with Crippen LogP contribution in [-0.4, -0.2) is 34.2 Å². The van der Waals surface area contributed by atoms with Gasteiger partial charge in [-0.15, -0.1) is 0 Å². The minimum atomic E-state index is -3.38. The molecule has 1 heterocycles. The Morgan fingerprint density at radius 1 is 1.20 bits per heavy atom. The lowest BCUT2D eigenvalue weighted by Crippen LogP contribution is -2.36. The normalized spacial score (nSPS) is 14.1. The number of benzene rings is 2. The van der Waals surface area contributed by atoms with E-state index in [0.29, 0.717) is 17.9 Å². The molecule has 0 fully saturated rings. The van der Waals surface area contributed by atoms with Gasteiger partial charge in [-0.3, -0.25) is 4.79 Å². The highest BCUT2D eigenvalue weighted by atomic mass is 32.2. The highest BCUT2D eigenvalue weighted by molar-refractivity contribution is 7.90.